The number of nitrogens with zero attached hydrogens (tertiary/aromatic N) is 2. The van der Waals surface area contributed by atoms with Crippen molar-refractivity contribution < 1.29 is 4.79 Å². The van der Waals surface area contributed by atoms with E-state index in [1.807, 2.05) is 36.0 Å². The first-order chi connectivity index (χ1) is 13.1. The Morgan fingerprint density at radius 3 is 2.74 bits per heavy atom. The first-order valence-electron chi connectivity index (χ1n) is 9.73. The largest absolute Gasteiger partial charge is 0.350 e. The van der Waals surface area contributed by atoms with Crippen LogP contribution in [-0.4, -0.2) is 35.0 Å². The lowest BCUT2D eigenvalue weighted by molar-refractivity contribution is 0.0916. The molecule has 0 spiro atoms. The molecule has 142 valence electrons. The van der Waals surface area contributed by atoms with Gasteiger partial charge in [-0.1, -0.05) is 31.2 Å². The van der Waals surface area contributed by atoms with Gasteiger partial charge in [-0.25, -0.2) is 0 Å². The van der Waals surface area contributed by atoms with Crippen molar-refractivity contribution in [2.75, 3.05) is 19.6 Å². The maximum absolute atomic E-state index is 12.9. The lowest BCUT2D eigenvalue weighted by Crippen LogP contribution is -2.41. The normalized spacial score (nSPS) is 17.3. The second kappa shape index (κ2) is 7.87. The molecule has 1 amide bonds. The number of fused-ring (bicyclic) bond motifs is 1. The second-order valence-corrected chi connectivity index (χ2v) is 8.61. The van der Waals surface area contributed by atoms with Crippen molar-refractivity contribution in [3.05, 3.63) is 58.4 Å². The standard InChI is InChI=1S/C22H27N3OS/c1-16-9-11-25(12-10-16)20(21-8-5-13-27-21)14-23-22(26)18-15-24(2)19-7-4-3-6-17(18)19/h3-8,13,15-16,20H,9-12,14H2,1-2H3,(H,23,26)/t20-/m1/s1. The van der Waals surface area contributed by atoms with Gasteiger partial charge in [-0.3, -0.25) is 9.69 Å². The number of carbonyl (C=O) groups is 1. The number of thiophene rings is 1. The van der Waals surface area contributed by atoms with E-state index in [2.05, 4.69) is 40.7 Å². The highest BCUT2D eigenvalue weighted by Gasteiger charge is 2.26. The summed E-state index contributed by atoms with van der Waals surface area (Å²) >= 11 is 1.78. The van der Waals surface area contributed by atoms with Gasteiger partial charge in [0.2, 0.25) is 0 Å². The number of rotatable bonds is 5. The van der Waals surface area contributed by atoms with Gasteiger partial charge in [0.1, 0.15) is 0 Å². The number of nitrogens with one attached hydrogen (secondary N) is 1. The van der Waals surface area contributed by atoms with Gasteiger partial charge in [-0.2, -0.15) is 0 Å². The van der Waals surface area contributed by atoms with Crippen LogP contribution in [0.2, 0.25) is 0 Å². The average Bonchev–Trinajstić information content (AvgIpc) is 3.32. The summed E-state index contributed by atoms with van der Waals surface area (Å²) in [5.41, 5.74) is 1.84. The summed E-state index contributed by atoms with van der Waals surface area (Å²) in [4.78, 5) is 16.8. The Labute approximate surface area is 164 Å². The molecule has 5 heteroatoms. The molecule has 0 radical (unpaired) electrons. The van der Waals surface area contributed by atoms with E-state index in [1.54, 1.807) is 11.3 Å². The summed E-state index contributed by atoms with van der Waals surface area (Å²) in [6.45, 7) is 5.19. The number of carbonyl (C=O) groups excluding carboxylic acids is 1. The minimum atomic E-state index is 0.0127. The number of aryl methyl sites for hydroxylation is 1. The van der Waals surface area contributed by atoms with Gasteiger partial charge in [-0.05, 0) is 49.4 Å². The van der Waals surface area contributed by atoms with Crippen LogP contribution in [0, 0.1) is 5.92 Å². The lowest BCUT2D eigenvalue weighted by atomic mass is 9.97. The fraction of sp³-hybridized carbons (Fsp3) is 0.409. The molecular weight excluding hydrogens is 354 g/mol. The summed E-state index contributed by atoms with van der Waals surface area (Å²) in [6.07, 6.45) is 4.40. The average molecular weight is 382 g/mol. The van der Waals surface area contributed by atoms with E-state index in [9.17, 15) is 4.79 Å². The number of aromatic nitrogens is 1. The zero-order valence-electron chi connectivity index (χ0n) is 16.0. The van der Waals surface area contributed by atoms with Gasteiger partial charge in [0.15, 0.2) is 0 Å². The molecule has 1 aromatic carbocycles. The number of para-hydroxylation sites is 1. The van der Waals surface area contributed by atoms with Crippen molar-refractivity contribution in [3.63, 3.8) is 0 Å². The molecule has 1 aliphatic heterocycles. The van der Waals surface area contributed by atoms with Crippen molar-refractivity contribution in [2.45, 2.75) is 25.8 Å². The van der Waals surface area contributed by atoms with E-state index >= 15 is 0 Å². The fourth-order valence-electron chi connectivity index (χ4n) is 4.04. The van der Waals surface area contributed by atoms with E-state index < -0.39 is 0 Å². The van der Waals surface area contributed by atoms with Crippen molar-refractivity contribution in [3.8, 4) is 0 Å². The number of hydrogen-bond acceptors (Lipinski definition) is 3. The van der Waals surface area contributed by atoms with Gasteiger partial charge in [0.05, 0.1) is 11.6 Å². The van der Waals surface area contributed by atoms with Crippen LogP contribution >= 0.6 is 11.3 Å². The summed E-state index contributed by atoms with van der Waals surface area (Å²) in [5, 5.41) is 6.35. The van der Waals surface area contributed by atoms with Crippen molar-refractivity contribution in [2.24, 2.45) is 13.0 Å². The van der Waals surface area contributed by atoms with Crippen molar-refractivity contribution in [1.82, 2.24) is 14.8 Å². The number of hydrogen-bond donors (Lipinski definition) is 1. The van der Waals surface area contributed by atoms with E-state index in [1.165, 1.54) is 17.7 Å². The van der Waals surface area contributed by atoms with Gasteiger partial charge >= 0.3 is 0 Å². The third-order valence-corrected chi connectivity index (χ3v) is 6.70. The molecule has 1 N–H and O–H groups in total. The Morgan fingerprint density at radius 1 is 1.22 bits per heavy atom. The molecule has 3 aromatic rings. The van der Waals surface area contributed by atoms with E-state index in [-0.39, 0.29) is 11.9 Å². The Balaban J connectivity index is 1.51. The van der Waals surface area contributed by atoms with Crippen molar-refractivity contribution in [1.29, 1.82) is 0 Å². The third-order valence-electron chi connectivity index (χ3n) is 5.73. The third kappa shape index (κ3) is 3.80. The second-order valence-electron chi connectivity index (χ2n) is 7.63. The van der Waals surface area contributed by atoms with Crippen LogP contribution in [0.1, 0.15) is 41.0 Å². The highest BCUT2D eigenvalue weighted by molar-refractivity contribution is 7.10. The monoisotopic (exact) mass is 381 g/mol. The number of likely N-dealkylation sites (tertiary alicyclic amines) is 1. The molecule has 27 heavy (non-hydrogen) atoms. The molecule has 1 saturated heterocycles. The number of benzene rings is 1. The minimum Gasteiger partial charge on any atom is -0.350 e. The van der Waals surface area contributed by atoms with Gasteiger partial charge in [0, 0.05) is 35.6 Å². The highest BCUT2D eigenvalue weighted by atomic mass is 32.1. The number of amides is 1. The SMILES string of the molecule is CC1CCN([C@H](CNC(=O)c2cn(C)c3ccccc23)c2cccs2)CC1. The lowest BCUT2D eigenvalue weighted by Gasteiger charge is -2.36. The zero-order valence-corrected chi connectivity index (χ0v) is 16.8. The predicted molar refractivity (Wildman–Crippen MR) is 112 cm³/mol. The maximum atomic E-state index is 12.9. The molecule has 3 heterocycles. The van der Waals surface area contributed by atoms with Crippen LogP contribution in [0.3, 0.4) is 0 Å². The van der Waals surface area contributed by atoms with Gasteiger partial charge in [0.25, 0.3) is 5.91 Å². The van der Waals surface area contributed by atoms with Crippen molar-refractivity contribution >= 4 is 28.1 Å². The van der Waals surface area contributed by atoms with Gasteiger partial charge in [-0.15, -0.1) is 11.3 Å². The molecule has 1 fully saturated rings. The van der Waals surface area contributed by atoms with E-state index in [4.69, 9.17) is 0 Å². The van der Waals surface area contributed by atoms with Crippen LogP contribution in [0.5, 0.6) is 0 Å². The fourth-order valence-corrected chi connectivity index (χ4v) is 4.90. The Bertz CT molecular complexity index is 907. The van der Waals surface area contributed by atoms with Crippen LogP contribution in [0.25, 0.3) is 10.9 Å². The van der Waals surface area contributed by atoms with E-state index in [0.29, 0.717) is 6.54 Å². The molecule has 2 aromatic heterocycles. The molecule has 0 saturated carbocycles. The minimum absolute atomic E-state index is 0.0127. The molecular formula is C22H27N3OS. The highest BCUT2D eigenvalue weighted by Crippen LogP contribution is 2.29. The quantitative estimate of drug-likeness (QED) is 0.709. The molecule has 4 rings (SSSR count). The smallest absolute Gasteiger partial charge is 0.253 e. The maximum Gasteiger partial charge on any atom is 0.253 e. The molecule has 1 atom stereocenters. The Hall–Kier alpha value is -2.11. The Kier molecular flexibility index (Phi) is 5.32. The zero-order chi connectivity index (χ0) is 18.8. The molecule has 1 aliphatic rings. The van der Waals surface area contributed by atoms with Crippen LogP contribution in [-0.2, 0) is 7.05 Å². The molecule has 0 unspecified atom stereocenters. The topological polar surface area (TPSA) is 37.3 Å². The molecule has 4 nitrogen and oxygen atoms in total. The summed E-state index contributed by atoms with van der Waals surface area (Å²) < 4.78 is 2.02. The van der Waals surface area contributed by atoms with Gasteiger partial charge < -0.3 is 9.88 Å². The molecule has 0 bridgehead atoms. The summed E-state index contributed by atoms with van der Waals surface area (Å²) in [7, 11) is 1.99. The van der Waals surface area contributed by atoms with E-state index in [0.717, 1.165) is 35.5 Å². The van der Waals surface area contributed by atoms with Crippen LogP contribution in [0.4, 0.5) is 0 Å². The first-order valence-corrected chi connectivity index (χ1v) is 10.6. The Morgan fingerprint density at radius 2 is 2.00 bits per heavy atom. The van der Waals surface area contributed by atoms with Crippen LogP contribution < -0.4 is 5.32 Å². The molecule has 0 aliphatic carbocycles. The predicted octanol–water partition coefficient (Wildman–Crippen LogP) is 4.44. The first kappa shape index (κ1) is 18.3. The summed E-state index contributed by atoms with van der Waals surface area (Å²) in [6, 6.07) is 12.6. The summed E-state index contributed by atoms with van der Waals surface area (Å²) in [5.74, 6) is 0.814. The van der Waals surface area contributed by atoms with Crippen LogP contribution in [0.15, 0.2) is 48.0 Å². The number of piperidine rings is 1.